The zero-order valence-electron chi connectivity index (χ0n) is 11.8. The molecule has 4 rings (SSSR count). The van der Waals surface area contributed by atoms with E-state index in [1.807, 2.05) is 0 Å². The molecule has 106 valence electrons. The highest BCUT2D eigenvalue weighted by atomic mass is 79.9. The summed E-state index contributed by atoms with van der Waals surface area (Å²) >= 11 is 3.55. The van der Waals surface area contributed by atoms with Crippen molar-refractivity contribution in [3.05, 3.63) is 64.3 Å². The monoisotopic (exact) mass is 341 g/mol. The highest BCUT2D eigenvalue weighted by molar-refractivity contribution is 9.10. The van der Waals surface area contributed by atoms with Gasteiger partial charge in [-0.1, -0.05) is 39.7 Å². The molecule has 2 heterocycles. The lowest BCUT2D eigenvalue weighted by Crippen LogP contribution is -2.20. The van der Waals surface area contributed by atoms with Crippen LogP contribution in [0.15, 0.2) is 53.1 Å². The topological polar surface area (TPSA) is 14.2 Å². The van der Waals surface area contributed by atoms with E-state index in [0.717, 1.165) is 23.2 Å². The zero-order valence-corrected chi connectivity index (χ0v) is 13.4. The molecule has 0 fully saturated rings. The van der Waals surface area contributed by atoms with E-state index in [-0.39, 0.29) is 6.10 Å². The summed E-state index contributed by atoms with van der Waals surface area (Å²) in [6.07, 6.45) is 3.36. The SMILES string of the molecule is Cc1ccc2c(c1)CC(Cn1ccc3ccc(Br)cc31)O2. The van der Waals surface area contributed by atoms with Gasteiger partial charge in [0.1, 0.15) is 11.9 Å². The van der Waals surface area contributed by atoms with Gasteiger partial charge in [0.2, 0.25) is 0 Å². The van der Waals surface area contributed by atoms with Crippen LogP contribution < -0.4 is 4.74 Å². The minimum absolute atomic E-state index is 0.219. The number of fused-ring (bicyclic) bond motifs is 2. The summed E-state index contributed by atoms with van der Waals surface area (Å²) in [7, 11) is 0. The van der Waals surface area contributed by atoms with E-state index >= 15 is 0 Å². The van der Waals surface area contributed by atoms with Gasteiger partial charge < -0.3 is 9.30 Å². The lowest BCUT2D eigenvalue weighted by Gasteiger charge is -2.13. The van der Waals surface area contributed by atoms with E-state index in [0.29, 0.717) is 0 Å². The molecule has 0 bridgehead atoms. The van der Waals surface area contributed by atoms with Crippen molar-refractivity contribution in [2.24, 2.45) is 0 Å². The molecule has 0 amide bonds. The zero-order chi connectivity index (χ0) is 14.4. The van der Waals surface area contributed by atoms with Crippen LogP contribution in [0, 0.1) is 6.92 Å². The molecule has 1 unspecified atom stereocenters. The number of nitrogens with zero attached hydrogens (tertiary/aromatic N) is 1. The summed E-state index contributed by atoms with van der Waals surface area (Å²) < 4.78 is 9.48. The molecule has 0 radical (unpaired) electrons. The summed E-state index contributed by atoms with van der Waals surface area (Å²) in [5.74, 6) is 1.04. The van der Waals surface area contributed by atoms with Gasteiger partial charge in [0, 0.05) is 22.6 Å². The molecular formula is C18H16BrNO. The lowest BCUT2D eigenvalue weighted by molar-refractivity contribution is 0.211. The van der Waals surface area contributed by atoms with Crippen molar-refractivity contribution in [3.63, 3.8) is 0 Å². The second-order valence-electron chi connectivity index (χ2n) is 5.73. The number of benzene rings is 2. The minimum atomic E-state index is 0.219. The van der Waals surface area contributed by atoms with Crippen LogP contribution in [0.25, 0.3) is 10.9 Å². The Kier molecular flexibility index (Phi) is 3.03. The van der Waals surface area contributed by atoms with Crippen LogP contribution in [0.3, 0.4) is 0 Å². The largest absolute Gasteiger partial charge is 0.488 e. The molecule has 1 aliphatic rings. The Hall–Kier alpha value is -1.74. The van der Waals surface area contributed by atoms with Gasteiger partial charge in [-0.2, -0.15) is 0 Å². The Balaban J connectivity index is 1.61. The highest BCUT2D eigenvalue weighted by Gasteiger charge is 2.23. The first-order valence-corrected chi connectivity index (χ1v) is 7.99. The molecule has 1 aliphatic heterocycles. The predicted molar refractivity (Wildman–Crippen MR) is 88.9 cm³/mol. The molecule has 0 N–H and O–H groups in total. The van der Waals surface area contributed by atoms with Gasteiger partial charge in [0.25, 0.3) is 0 Å². The van der Waals surface area contributed by atoms with Crippen molar-refractivity contribution in [3.8, 4) is 5.75 Å². The number of ether oxygens (including phenoxy) is 1. The number of halogens is 1. The fraction of sp³-hybridized carbons (Fsp3) is 0.222. The van der Waals surface area contributed by atoms with Crippen molar-refractivity contribution >= 4 is 26.8 Å². The minimum Gasteiger partial charge on any atom is -0.488 e. The fourth-order valence-electron chi connectivity index (χ4n) is 3.09. The number of hydrogen-bond acceptors (Lipinski definition) is 1. The highest BCUT2D eigenvalue weighted by Crippen LogP contribution is 2.31. The second kappa shape index (κ2) is 4.92. The van der Waals surface area contributed by atoms with Crippen molar-refractivity contribution < 1.29 is 4.74 Å². The van der Waals surface area contributed by atoms with E-state index < -0.39 is 0 Å². The summed E-state index contributed by atoms with van der Waals surface area (Å²) in [6, 6.07) is 15.0. The molecule has 1 atom stereocenters. The van der Waals surface area contributed by atoms with Crippen LogP contribution in [0.4, 0.5) is 0 Å². The van der Waals surface area contributed by atoms with Crippen LogP contribution >= 0.6 is 15.9 Å². The van der Waals surface area contributed by atoms with Gasteiger partial charge in [0.15, 0.2) is 0 Å². The van der Waals surface area contributed by atoms with Crippen molar-refractivity contribution in [2.75, 3.05) is 0 Å². The summed E-state index contributed by atoms with van der Waals surface area (Å²) in [4.78, 5) is 0. The van der Waals surface area contributed by atoms with E-state index in [2.05, 4.69) is 76.1 Å². The normalized spacial score (nSPS) is 17.0. The van der Waals surface area contributed by atoms with Gasteiger partial charge in [-0.25, -0.2) is 0 Å². The van der Waals surface area contributed by atoms with Crippen molar-refractivity contribution in [1.29, 1.82) is 0 Å². The quantitative estimate of drug-likeness (QED) is 0.658. The molecule has 21 heavy (non-hydrogen) atoms. The molecule has 3 heteroatoms. The van der Waals surface area contributed by atoms with Crippen LogP contribution in [-0.4, -0.2) is 10.7 Å². The maximum absolute atomic E-state index is 6.08. The van der Waals surface area contributed by atoms with Crippen LogP contribution in [0.5, 0.6) is 5.75 Å². The molecule has 2 nitrogen and oxygen atoms in total. The van der Waals surface area contributed by atoms with Crippen LogP contribution in [0.2, 0.25) is 0 Å². The maximum Gasteiger partial charge on any atom is 0.123 e. The molecule has 2 aromatic carbocycles. The third kappa shape index (κ3) is 2.36. The number of hydrogen-bond donors (Lipinski definition) is 0. The Morgan fingerprint density at radius 2 is 2.10 bits per heavy atom. The standard InChI is InChI=1S/C18H16BrNO/c1-12-2-5-18-14(8-12)9-16(21-18)11-20-7-6-13-3-4-15(19)10-17(13)20/h2-8,10,16H,9,11H2,1H3. The Morgan fingerprint density at radius 1 is 1.19 bits per heavy atom. The first kappa shape index (κ1) is 13.0. The van der Waals surface area contributed by atoms with Gasteiger partial charge in [-0.3, -0.25) is 0 Å². The number of rotatable bonds is 2. The van der Waals surface area contributed by atoms with Gasteiger partial charge in [0.05, 0.1) is 6.54 Å². The summed E-state index contributed by atoms with van der Waals surface area (Å²) in [5.41, 5.74) is 3.88. The van der Waals surface area contributed by atoms with Crippen molar-refractivity contribution in [1.82, 2.24) is 4.57 Å². The first-order valence-electron chi connectivity index (χ1n) is 7.19. The molecule has 0 aliphatic carbocycles. The first-order chi connectivity index (χ1) is 10.2. The van der Waals surface area contributed by atoms with Gasteiger partial charge in [-0.05, 0) is 42.1 Å². The van der Waals surface area contributed by atoms with E-state index in [1.54, 1.807) is 0 Å². The Bertz CT molecular complexity index is 821. The summed E-state index contributed by atoms with van der Waals surface area (Å²) in [5, 5.41) is 1.27. The molecule has 3 aromatic rings. The predicted octanol–water partition coefficient (Wildman–Crippen LogP) is 4.72. The summed E-state index contributed by atoms with van der Waals surface area (Å²) in [6.45, 7) is 3.01. The molecule has 1 aromatic heterocycles. The second-order valence-corrected chi connectivity index (χ2v) is 6.64. The molecule has 0 spiro atoms. The average molecular weight is 342 g/mol. The van der Waals surface area contributed by atoms with Crippen LogP contribution in [0.1, 0.15) is 11.1 Å². The van der Waals surface area contributed by atoms with Crippen molar-refractivity contribution in [2.45, 2.75) is 26.0 Å². The van der Waals surface area contributed by atoms with Gasteiger partial charge in [-0.15, -0.1) is 0 Å². The smallest absolute Gasteiger partial charge is 0.123 e. The van der Waals surface area contributed by atoms with Gasteiger partial charge >= 0.3 is 0 Å². The number of aryl methyl sites for hydroxylation is 1. The molecular weight excluding hydrogens is 326 g/mol. The van der Waals surface area contributed by atoms with Crippen LogP contribution in [-0.2, 0) is 13.0 Å². The third-order valence-electron chi connectivity index (χ3n) is 4.09. The molecule has 0 saturated heterocycles. The number of aromatic nitrogens is 1. The molecule has 0 saturated carbocycles. The lowest BCUT2D eigenvalue weighted by atomic mass is 10.1. The third-order valence-corrected chi connectivity index (χ3v) is 4.59. The fourth-order valence-corrected chi connectivity index (χ4v) is 3.44. The Morgan fingerprint density at radius 3 is 3.00 bits per heavy atom. The van der Waals surface area contributed by atoms with E-state index in [1.165, 1.54) is 22.0 Å². The van der Waals surface area contributed by atoms with E-state index in [4.69, 9.17) is 4.74 Å². The van der Waals surface area contributed by atoms with E-state index in [9.17, 15) is 0 Å². The average Bonchev–Trinajstić information content (AvgIpc) is 3.02. The maximum atomic E-state index is 6.08. The Labute approximate surface area is 132 Å².